The Bertz CT molecular complexity index is 876. The highest BCUT2D eigenvalue weighted by atomic mass is 32.1. The van der Waals surface area contributed by atoms with Crippen LogP contribution in [0, 0.1) is 0 Å². The number of para-hydroxylation sites is 2. The van der Waals surface area contributed by atoms with Crippen LogP contribution in [0.15, 0.2) is 36.4 Å². The fourth-order valence-corrected chi connectivity index (χ4v) is 3.51. The SMILES string of the molecule is CN(C)c1nc2ccccc2n1-c1ccc(C(=O)NC2CC2)s1. The van der Waals surface area contributed by atoms with E-state index in [-0.39, 0.29) is 5.91 Å². The van der Waals surface area contributed by atoms with E-state index < -0.39 is 0 Å². The standard InChI is InChI=1S/C17H18N4OS/c1-20(2)17-19-12-5-3-4-6-13(12)21(17)15-10-9-14(23-15)16(22)18-11-7-8-11/h3-6,9-11H,7-8H2,1-2H3,(H,18,22). The zero-order chi connectivity index (χ0) is 16.0. The largest absolute Gasteiger partial charge is 0.349 e. The Hall–Kier alpha value is -2.34. The van der Waals surface area contributed by atoms with Gasteiger partial charge in [0.15, 0.2) is 0 Å². The Kier molecular flexibility index (Phi) is 3.34. The Morgan fingerprint density at radius 1 is 1.26 bits per heavy atom. The molecular formula is C17H18N4OS. The summed E-state index contributed by atoms with van der Waals surface area (Å²) in [5.41, 5.74) is 2.00. The molecule has 1 aliphatic carbocycles. The van der Waals surface area contributed by atoms with Crippen LogP contribution in [0.3, 0.4) is 0 Å². The van der Waals surface area contributed by atoms with Crippen molar-refractivity contribution < 1.29 is 4.79 Å². The van der Waals surface area contributed by atoms with Crippen molar-refractivity contribution in [3.05, 3.63) is 41.3 Å². The van der Waals surface area contributed by atoms with Crippen molar-refractivity contribution in [2.75, 3.05) is 19.0 Å². The maximum Gasteiger partial charge on any atom is 0.261 e. The Labute approximate surface area is 138 Å². The summed E-state index contributed by atoms with van der Waals surface area (Å²) in [6, 6.07) is 12.3. The van der Waals surface area contributed by atoms with Crippen molar-refractivity contribution in [1.82, 2.24) is 14.9 Å². The molecule has 0 aliphatic heterocycles. The van der Waals surface area contributed by atoms with Crippen molar-refractivity contribution in [2.45, 2.75) is 18.9 Å². The fourth-order valence-electron chi connectivity index (χ4n) is 2.58. The van der Waals surface area contributed by atoms with E-state index in [2.05, 4.69) is 16.0 Å². The third-order valence-electron chi connectivity index (χ3n) is 3.89. The minimum absolute atomic E-state index is 0.0274. The summed E-state index contributed by atoms with van der Waals surface area (Å²) in [5.74, 6) is 0.891. The van der Waals surface area contributed by atoms with Crippen LogP contribution >= 0.6 is 11.3 Å². The highest BCUT2D eigenvalue weighted by Gasteiger charge is 2.25. The van der Waals surface area contributed by atoms with Gasteiger partial charge in [-0.1, -0.05) is 12.1 Å². The molecule has 0 radical (unpaired) electrons. The van der Waals surface area contributed by atoms with E-state index in [1.54, 1.807) is 0 Å². The average molecular weight is 326 g/mol. The first-order valence-corrected chi connectivity index (χ1v) is 8.51. The molecule has 1 aliphatic rings. The molecule has 5 nitrogen and oxygen atoms in total. The van der Waals surface area contributed by atoms with Gasteiger partial charge >= 0.3 is 0 Å². The number of imidazole rings is 1. The number of nitrogens with one attached hydrogen (secondary N) is 1. The molecule has 0 atom stereocenters. The van der Waals surface area contributed by atoms with E-state index in [1.165, 1.54) is 11.3 Å². The Balaban J connectivity index is 1.77. The molecule has 3 aromatic rings. The lowest BCUT2D eigenvalue weighted by Crippen LogP contribution is -2.24. The van der Waals surface area contributed by atoms with Crippen molar-refractivity contribution in [3.63, 3.8) is 0 Å². The number of nitrogens with zero attached hydrogens (tertiary/aromatic N) is 3. The lowest BCUT2D eigenvalue weighted by Gasteiger charge is -2.13. The van der Waals surface area contributed by atoms with Crippen LogP contribution in [0.4, 0.5) is 5.95 Å². The third kappa shape index (κ3) is 2.59. The summed E-state index contributed by atoms with van der Waals surface area (Å²) >= 11 is 1.50. The molecule has 1 saturated carbocycles. The molecule has 6 heteroatoms. The number of anilines is 1. The number of thiophene rings is 1. The van der Waals surface area contributed by atoms with Gasteiger partial charge in [0.05, 0.1) is 15.9 Å². The van der Waals surface area contributed by atoms with E-state index in [0.29, 0.717) is 6.04 Å². The predicted molar refractivity (Wildman–Crippen MR) is 93.8 cm³/mol. The maximum atomic E-state index is 12.2. The Morgan fingerprint density at radius 2 is 2.04 bits per heavy atom. The van der Waals surface area contributed by atoms with Crippen molar-refractivity contribution in [2.24, 2.45) is 0 Å². The number of benzene rings is 1. The summed E-state index contributed by atoms with van der Waals surface area (Å²) in [5, 5.41) is 4.04. The topological polar surface area (TPSA) is 50.2 Å². The molecule has 2 heterocycles. The van der Waals surface area contributed by atoms with Gasteiger partial charge in [-0.15, -0.1) is 11.3 Å². The molecule has 23 heavy (non-hydrogen) atoms. The molecule has 1 aromatic carbocycles. The maximum absolute atomic E-state index is 12.2. The lowest BCUT2D eigenvalue weighted by atomic mass is 10.3. The Morgan fingerprint density at radius 3 is 2.78 bits per heavy atom. The highest BCUT2D eigenvalue weighted by molar-refractivity contribution is 7.16. The number of rotatable bonds is 4. The second-order valence-electron chi connectivity index (χ2n) is 6.02. The van der Waals surface area contributed by atoms with Gasteiger partial charge in [0.25, 0.3) is 5.91 Å². The van der Waals surface area contributed by atoms with E-state index in [9.17, 15) is 4.79 Å². The summed E-state index contributed by atoms with van der Waals surface area (Å²) < 4.78 is 2.11. The van der Waals surface area contributed by atoms with Crippen molar-refractivity contribution in [3.8, 4) is 5.00 Å². The summed E-state index contributed by atoms with van der Waals surface area (Å²) in [6.45, 7) is 0. The van der Waals surface area contributed by atoms with Gasteiger partial charge in [-0.2, -0.15) is 0 Å². The van der Waals surface area contributed by atoms with Crippen LogP contribution in [-0.4, -0.2) is 35.6 Å². The van der Waals surface area contributed by atoms with Gasteiger partial charge in [-0.25, -0.2) is 4.98 Å². The molecule has 1 amide bonds. The van der Waals surface area contributed by atoms with Crippen LogP contribution < -0.4 is 10.2 Å². The van der Waals surface area contributed by atoms with Gasteiger partial charge in [0.2, 0.25) is 5.95 Å². The van der Waals surface area contributed by atoms with Gasteiger partial charge < -0.3 is 10.2 Å². The van der Waals surface area contributed by atoms with Crippen LogP contribution in [0.2, 0.25) is 0 Å². The number of carbonyl (C=O) groups excluding carboxylic acids is 1. The number of hydrogen-bond acceptors (Lipinski definition) is 4. The smallest absolute Gasteiger partial charge is 0.261 e. The summed E-state index contributed by atoms with van der Waals surface area (Å²) in [4.78, 5) is 19.7. The average Bonchev–Trinajstić information content (AvgIpc) is 3.08. The zero-order valence-corrected chi connectivity index (χ0v) is 13.9. The van der Waals surface area contributed by atoms with Gasteiger partial charge in [-0.3, -0.25) is 9.36 Å². The molecule has 0 bridgehead atoms. The molecule has 118 valence electrons. The lowest BCUT2D eigenvalue weighted by molar-refractivity contribution is 0.0955. The third-order valence-corrected chi connectivity index (χ3v) is 4.96. The van der Waals surface area contributed by atoms with Crippen molar-refractivity contribution >= 4 is 34.2 Å². The van der Waals surface area contributed by atoms with E-state index in [1.807, 2.05) is 49.3 Å². The number of fused-ring (bicyclic) bond motifs is 1. The molecular weight excluding hydrogens is 308 g/mol. The molecule has 0 saturated heterocycles. The fraction of sp³-hybridized carbons (Fsp3) is 0.294. The minimum Gasteiger partial charge on any atom is -0.349 e. The molecule has 4 rings (SSSR count). The molecule has 2 aromatic heterocycles. The second-order valence-corrected chi connectivity index (χ2v) is 7.08. The van der Waals surface area contributed by atoms with E-state index >= 15 is 0 Å². The second kappa shape index (κ2) is 5.38. The number of hydrogen-bond donors (Lipinski definition) is 1. The highest BCUT2D eigenvalue weighted by Crippen LogP contribution is 2.31. The van der Waals surface area contributed by atoms with E-state index in [4.69, 9.17) is 4.98 Å². The first kappa shape index (κ1) is 14.3. The van der Waals surface area contributed by atoms with Crippen LogP contribution in [0.25, 0.3) is 16.0 Å². The molecule has 0 spiro atoms. The van der Waals surface area contributed by atoms with Crippen LogP contribution in [-0.2, 0) is 0 Å². The van der Waals surface area contributed by atoms with Crippen LogP contribution in [0.1, 0.15) is 22.5 Å². The number of carbonyl (C=O) groups is 1. The molecule has 1 N–H and O–H groups in total. The summed E-state index contributed by atoms with van der Waals surface area (Å²) in [6.07, 6.45) is 2.20. The van der Waals surface area contributed by atoms with Gasteiger partial charge in [0.1, 0.15) is 5.00 Å². The van der Waals surface area contributed by atoms with E-state index in [0.717, 1.165) is 39.7 Å². The van der Waals surface area contributed by atoms with Crippen molar-refractivity contribution in [1.29, 1.82) is 0 Å². The van der Waals surface area contributed by atoms with Gasteiger partial charge in [0, 0.05) is 20.1 Å². The first-order chi connectivity index (χ1) is 11.1. The quantitative estimate of drug-likeness (QED) is 0.802. The predicted octanol–water partition coefficient (Wildman–Crippen LogP) is 3.05. The first-order valence-electron chi connectivity index (χ1n) is 7.69. The summed E-state index contributed by atoms with van der Waals surface area (Å²) in [7, 11) is 3.96. The molecule has 0 unspecified atom stereocenters. The number of amides is 1. The number of aromatic nitrogens is 2. The van der Waals surface area contributed by atoms with Gasteiger partial charge in [-0.05, 0) is 37.1 Å². The minimum atomic E-state index is 0.0274. The normalized spacial score (nSPS) is 14.2. The molecule has 1 fully saturated rings. The zero-order valence-electron chi connectivity index (χ0n) is 13.1. The van der Waals surface area contributed by atoms with Crippen LogP contribution in [0.5, 0.6) is 0 Å². The monoisotopic (exact) mass is 326 g/mol.